The lowest BCUT2D eigenvalue weighted by molar-refractivity contribution is -0.257. The van der Waals surface area contributed by atoms with Gasteiger partial charge in [0.25, 0.3) is 0 Å². The van der Waals surface area contributed by atoms with Crippen LogP contribution < -0.4 is 0 Å². The number of carboxylic acid groups (broad SMARTS) is 1. The van der Waals surface area contributed by atoms with E-state index in [1.54, 1.807) is 12.1 Å². The lowest BCUT2D eigenvalue weighted by atomic mass is 9.32. The maximum atomic E-state index is 14.4. The predicted molar refractivity (Wildman–Crippen MR) is 219 cm³/mol. The zero-order valence-corrected chi connectivity index (χ0v) is 36.1. The molecule has 0 spiro atoms. The van der Waals surface area contributed by atoms with Gasteiger partial charge in [-0.25, -0.2) is 9.59 Å². The van der Waals surface area contributed by atoms with Crippen molar-refractivity contribution in [1.82, 2.24) is 0 Å². The first-order chi connectivity index (χ1) is 27.4. The van der Waals surface area contributed by atoms with Crippen molar-refractivity contribution in [1.29, 1.82) is 0 Å². The van der Waals surface area contributed by atoms with Gasteiger partial charge in [-0.15, -0.1) is 0 Å². The van der Waals surface area contributed by atoms with Gasteiger partial charge in [-0.1, -0.05) is 52.0 Å². The molecule has 58 heavy (non-hydrogen) atoms. The van der Waals surface area contributed by atoms with Gasteiger partial charge in [0.15, 0.2) is 0 Å². The van der Waals surface area contributed by atoms with Gasteiger partial charge in [0.05, 0.1) is 29.8 Å². The summed E-state index contributed by atoms with van der Waals surface area (Å²) < 4.78 is 23.3. The number of unbranched alkanes of at least 4 members (excludes halogenated alkanes) is 3. The van der Waals surface area contributed by atoms with Gasteiger partial charge in [-0.05, 0) is 155 Å². The van der Waals surface area contributed by atoms with Crippen LogP contribution >= 0.6 is 0 Å². The molecule has 320 valence electrons. The smallest absolute Gasteiger partial charge is 0.339 e. The van der Waals surface area contributed by atoms with E-state index in [9.17, 15) is 29.1 Å². The number of allylic oxidation sites excluding steroid dienone is 1. The third kappa shape index (κ3) is 7.52. The van der Waals surface area contributed by atoms with Gasteiger partial charge in [-0.2, -0.15) is 0 Å². The zero-order valence-electron chi connectivity index (χ0n) is 36.1. The van der Waals surface area contributed by atoms with Crippen molar-refractivity contribution in [3.63, 3.8) is 0 Å². The van der Waals surface area contributed by atoms with Crippen LogP contribution in [0.5, 0.6) is 0 Å². The van der Waals surface area contributed by atoms with E-state index < -0.39 is 22.8 Å². The Kier molecular flexibility index (Phi) is 12.7. The van der Waals surface area contributed by atoms with Gasteiger partial charge < -0.3 is 24.1 Å². The molecule has 1 aromatic rings. The first kappa shape index (κ1) is 43.9. The van der Waals surface area contributed by atoms with Crippen LogP contribution in [-0.2, 0) is 33.3 Å². The monoisotopic (exact) mass is 804 g/mol. The van der Waals surface area contributed by atoms with E-state index in [0.29, 0.717) is 24.9 Å². The van der Waals surface area contributed by atoms with Gasteiger partial charge >= 0.3 is 29.8 Å². The average Bonchev–Trinajstić information content (AvgIpc) is 3.58. The molecule has 10 heteroatoms. The summed E-state index contributed by atoms with van der Waals surface area (Å²) in [5.74, 6) is -0.921. The minimum absolute atomic E-state index is 0.0170. The highest BCUT2D eigenvalue weighted by Crippen LogP contribution is 2.77. The summed E-state index contributed by atoms with van der Waals surface area (Å²) in [6, 6.07) is 6.05. The highest BCUT2D eigenvalue weighted by Gasteiger charge is 2.72. The molecule has 0 amide bonds. The lowest BCUT2D eigenvalue weighted by Gasteiger charge is -2.72. The molecule has 0 aromatic heterocycles. The standard InChI is InChI=1S/C48H68O10/c1-30(2)33-19-24-48(43(54)56-28-14-10-9-13-27-55-42(53)35-16-12-11-15-34(35)41(51)52)26-25-46(7)36(40(33)48)17-18-38-44(5)22-21-39(58-32(4)50)45(6,29-57-31(3)49)37(44)20-23-47(38,46)8/h11-12,15-16,33,36-40H,1,9-10,13-14,17-29H2,2-8H3,(H,51,52)/t33-,36+,37+,38+,39-,40+,44-,45-,46+,47+,48-/m0/s1. The Balaban J connectivity index is 1.11. The molecule has 1 aromatic carbocycles. The molecule has 0 aliphatic heterocycles. The molecular formula is C48H68O10. The summed E-state index contributed by atoms with van der Waals surface area (Å²) in [7, 11) is 0. The number of rotatable bonds is 14. The molecule has 10 nitrogen and oxygen atoms in total. The van der Waals surface area contributed by atoms with Crippen molar-refractivity contribution >= 4 is 29.8 Å². The van der Waals surface area contributed by atoms with Crippen molar-refractivity contribution in [3.8, 4) is 0 Å². The van der Waals surface area contributed by atoms with Crippen molar-refractivity contribution in [3.05, 3.63) is 47.5 Å². The zero-order chi connectivity index (χ0) is 42.3. The normalized spacial score (nSPS) is 37.5. The van der Waals surface area contributed by atoms with Gasteiger partial charge in [0.1, 0.15) is 12.7 Å². The number of hydrogen-bond acceptors (Lipinski definition) is 9. The van der Waals surface area contributed by atoms with Crippen LogP contribution in [0.4, 0.5) is 0 Å². The summed E-state index contributed by atoms with van der Waals surface area (Å²) in [4.78, 5) is 62.8. The Morgan fingerprint density at radius 3 is 2.02 bits per heavy atom. The van der Waals surface area contributed by atoms with E-state index in [-0.39, 0.29) is 82.4 Å². The number of fused-ring (bicyclic) bond motifs is 7. The fraction of sp³-hybridized carbons (Fsp3) is 0.729. The fourth-order valence-corrected chi connectivity index (χ4v) is 14.1. The number of esters is 4. The fourth-order valence-electron chi connectivity index (χ4n) is 14.1. The molecule has 5 saturated carbocycles. The van der Waals surface area contributed by atoms with Crippen LogP contribution in [-0.4, -0.2) is 60.9 Å². The number of ether oxygens (including phenoxy) is 4. The van der Waals surface area contributed by atoms with E-state index in [0.717, 1.165) is 83.5 Å². The van der Waals surface area contributed by atoms with Gasteiger partial charge in [0, 0.05) is 19.3 Å². The first-order valence-electron chi connectivity index (χ1n) is 22.0. The van der Waals surface area contributed by atoms with Crippen molar-refractivity contribution in [2.45, 2.75) is 144 Å². The van der Waals surface area contributed by atoms with Crippen LogP contribution in [0.3, 0.4) is 0 Å². The highest BCUT2D eigenvalue weighted by atomic mass is 16.6. The number of carboxylic acids is 1. The van der Waals surface area contributed by atoms with Crippen LogP contribution in [0.15, 0.2) is 36.4 Å². The van der Waals surface area contributed by atoms with Crippen LogP contribution in [0.2, 0.25) is 0 Å². The summed E-state index contributed by atoms with van der Waals surface area (Å²) in [5.41, 5.74) is 0.209. The van der Waals surface area contributed by atoms with Crippen LogP contribution in [0.1, 0.15) is 159 Å². The number of hydrogen-bond donors (Lipinski definition) is 1. The molecule has 0 bridgehead atoms. The summed E-state index contributed by atoms with van der Waals surface area (Å²) >= 11 is 0. The van der Waals surface area contributed by atoms with Crippen molar-refractivity contribution in [2.24, 2.45) is 56.7 Å². The second-order valence-corrected chi connectivity index (χ2v) is 19.8. The van der Waals surface area contributed by atoms with E-state index in [1.165, 1.54) is 31.6 Å². The van der Waals surface area contributed by atoms with Crippen molar-refractivity contribution in [2.75, 3.05) is 19.8 Å². The topological polar surface area (TPSA) is 143 Å². The molecule has 0 radical (unpaired) electrons. The Bertz CT molecular complexity index is 1770. The largest absolute Gasteiger partial charge is 0.478 e. The Morgan fingerprint density at radius 1 is 0.707 bits per heavy atom. The Labute approximate surface area is 345 Å². The molecule has 1 N–H and O–H groups in total. The Morgan fingerprint density at radius 2 is 1.38 bits per heavy atom. The SMILES string of the molecule is C=C(C)[C@@H]1CC[C@]2(C(=O)OCCCCCCOC(=O)c3ccccc3C(=O)O)CC[C@]3(C)[C@H](CC[C@@H]4[C@@]5(C)CC[C@H](OC(C)=O)[C@@](C)(COC(C)=O)[C@@H]5CC[C@]43C)[C@@H]12. The number of benzene rings is 1. The first-order valence-corrected chi connectivity index (χ1v) is 22.0. The molecule has 0 saturated heterocycles. The summed E-state index contributed by atoms with van der Waals surface area (Å²) in [6.45, 7) is 20.1. The van der Waals surface area contributed by atoms with E-state index in [2.05, 4.69) is 41.2 Å². The van der Waals surface area contributed by atoms with E-state index >= 15 is 0 Å². The molecule has 5 aliphatic rings. The van der Waals surface area contributed by atoms with Crippen molar-refractivity contribution < 1.29 is 48.0 Å². The number of carbonyl (C=O) groups is 5. The lowest BCUT2D eigenvalue weighted by Crippen LogP contribution is -2.68. The van der Waals surface area contributed by atoms with Gasteiger partial charge in [0.2, 0.25) is 0 Å². The molecule has 6 rings (SSSR count). The number of aromatic carboxylic acids is 1. The molecule has 5 fully saturated rings. The second kappa shape index (κ2) is 16.8. The molecule has 0 heterocycles. The molecule has 0 unspecified atom stereocenters. The predicted octanol–water partition coefficient (Wildman–Crippen LogP) is 9.78. The van der Waals surface area contributed by atoms with Gasteiger partial charge in [-0.3, -0.25) is 14.4 Å². The third-order valence-corrected chi connectivity index (χ3v) is 17.0. The average molecular weight is 805 g/mol. The molecule has 11 atom stereocenters. The summed E-state index contributed by atoms with van der Waals surface area (Å²) in [5, 5.41) is 9.37. The molecular weight excluding hydrogens is 737 g/mol. The van der Waals surface area contributed by atoms with Crippen LogP contribution in [0, 0.1) is 56.7 Å². The third-order valence-electron chi connectivity index (χ3n) is 17.0. The van der Waals surface area contributed by atoms with E-state index in [1.807, 2.05) is 0 Å². The quantitative estimate of drug-likeness (QED) is 0.0836. The minimum atomic E-state index is -1.17. The maximum absolute atomic E-state index is 14.4. The minimum Gasteiger partial charge on any atom is -0.478 e. The van der Waals surface area contributed by atoms with E-state index in [4.69, 9.17) is 18.9 Å². The highest BCUT2D eigenvalue weighted by molar-refractivity contribution is 6.02. The number of carbonyl (C=O) groups excluding carboxylic acids is 4. The second-order valence-electron chi connectivity index (χ2n) is 19.8. The van der Waals surface area contributed by atoms with Crippen LogP contribution in [0.25, 0.3) is 0 Å². The molecule has 5 aliphatic carbocycles. The Hall–Kier alpha value is -3.69. The maximum Gasteiger partial charge on any atom is 0.339 e. The summed E-state index contributed by atoms with van der Waals surface area (Å²) in [6.07, 6.45) is 12.2.